The van der Waals surface area contributed by atoms with E-state index in [4.69, 9.17) is 5.41 Å². The summed E-state index contributed by atoms with van der Waals surface area (Å²) in [7, 11) is 0. The Bertz CT molecular complexity index is 418. The number of imidazole rings is 1. The molecule has 3 nitrogen and oxygen atoms in total. The molecule has 0 aliphatic rings. The second kappa shape index (κ2) is 4.56. The fourth-order valence-electron chi connectivity index (χ4n) is 2.04. The van der Waals surface area contributed by atoms with Crippen LogP contribution in [0.1, 0.15) is 51.2 Å². The van der Waals surface area contributed by atoms with Crippen molar-refractivity contribution in [3.63, 3.8) is 0 Å². The molecule has 0 unspecified atom stereocenters. The van der Waals surface area contributed by atoms with Crippen LogP contribution in [0.2, 0.25) is 0 Å². The van der Waals surface area contributed by atoms with Crippen molar-refractivity contribution >= 4 is 12.2 Å². The molecule has 0 aromatic carbocycles. The predicted octanol–water partition coefficient (Wildman–Crippen LogP) is 3.22. The van der Waals surface area contributed by atoms with Crippen LogP contribution in [-0.4, -0.2) is 9.13 Å². The second-order valence-corrected chi connectivity index (χ2v) is 4.43. The van der Waals surface area contributed by atoms with E-state index in [1.165, 1.54) is 0 Å². The predicted molar refractivity (Wildman–Crippen MR) is 69.2 cm³/mol. The summed E-state index contributed by atoms with van der Waals surface area (Å²) in [5.41, 5.74) is 2.46. The molecular weight excluding hydrogens is 198 g/mol. The van der Waals surface area contributed by atoms with Gasteiger partial charge in [-0.1, -0.05) is 13.2 Å². The van der Waals surface area contributed by atoms with Crippen molar-refractivity contribution in [2.75, 3.05) is 0 Å². The van der Waals surface area contributed by atoms with Gasteiger partial charge in [0.1, 0.15) is 0 Å². The third kappa shape index (κ3) is 1.77. The van der Waals surface area contributed by atoms with Gasteiger partial charge in [-0.05, 0) is 39.8 Å². The number of hydrogen-bond donors (Lipinski definition) is 1. The standard InChI is InChI=1S/C13H21N3/c1-7-11-12(8-2)16(10(5)6)13(14)15(11)9(3)4/h7-10,14H,1-2H2,3-6H3. The van der Waals surface area contributed by atoms with Crippen LogP contribution in [0.15, 0.2) is 13.2 Å². The molecule has 3 heteroatoms. The van der Waals surface area contributed by atoms with Crippen LogP contribution < -0.4 is 5.62 Å². The zero-order valence-corrected chi connectivity index (χ0v) is 10.6. The van der Waals surface area contributed by atoms with Crippen molar-refractivity contribution in [2.24, 2.45) is 0 Å². The third-order valence-corrected chi connectivity index (χ3v) is 2.66. The largest absolute Gasteiger partial charge is 0.308 e. The number of hydrogen-bond acceptors (Lipinski definition) is 1. The first-order valence-corrected chi connectivity index (χ1v) is 5.61. The molecule has 16 heavy (non-hydrogen) atoms. The Hall–Kier alpha value is -1.51. The van der Waals surface area contributed by atoms with Crippen LogP contribution in [0.5, 0.6) is 0 Å². The van der Waals surface area contributed by atoms with E-state index < -0.39 is 0 Å². The molecule has 1 N–H and O–H groups in total. The minimum atomic E-state index is 0.249. The van der Waals surface area contributed by atoms with Gasteiger partial charge in [-0.25, -0.2) is 0 Å². The topological polar surface area (TPSA) is 33.7 Å². The normalized spacial score (nSPS) is 11.1. The van der Waals surface area contributed by atoms with Crippen molar-refractivity contribution in [1.82, 2.24) is 9.13 Å². The minimum absolute atomic E-state index is 0.249. The molecule has 0 bridgehead atoms. The van der Waals surface area contributed by atoms with E-state index in [1.807, 2.05) is 9.13 Å². The van der Waals surface area contributed by atoms with Crippen LogP contribution in [0.4, 0.5) is 0 Å². The van der Waals surface area contributed by atoms with Crippen molar-refractivity contribution in [2.45, 2.75) is 39.8 Å². The average molecular weight is 219 g/mol. The fourth-order valence-corrected chi connectivity index (χ4v) is 2.04. The molecule has 0 atom stereocenters. The smallest absolute Gasteiger partial charge is 0.203 e. The second-order valence-electron chi connectivity index (χ2n) is 4.43. The molecular formula is C13H21N3. The molecule has 0 saturated heterocycles. The summed E-state index contributed by atoms with van der Waals surface area (Å²) < 4.78 is 3.95. The van der Waals surface area contributed by atoms with E-state index >= 15 is 0 Å². The lowest BCUT2D eigenvalue weighted by atomic mass is 10.2. The van der Waals surface area contributed by atoms with Crippen molar-refractivity contribution in [1.29, 1.82) is 5.41 Å². The summed E-state index contributed by atoms with van der Waals surface area (Å²) in [4.78, 5) is 0. The molecule has 88 valence electrons. The van der Waals surface area contributed by atoms with Crippen LogP contribution in [0.3, 0.4) is 0 Å². The Kier molecular flexibility index (Phi) is 3.58. The Balaban J connectivity index is 3.71. The lowest BCUT2D eigenvalue weighted by Crippen LogP contribution is -2.27. The molecule has 1 aromatic rings. The van der Waals surface area contributed by atoms with Crippen molar-refractivity contribution in [3.05, 3.63) is 30.2 Å². The zero-order chi connectivity index (χ0) is 12.5. The first-order chi connectivity index (χ1) is 7.45. The third-order valence-electron chi connectivity index (χ3n) is 2.66. The van der Waals surface area contributed by atoms with E-state index in [0.717, 1.165) is 11.4 Å². The highest BCUT2D eigenvalue weighted by Gasteiger charge is 2.16. The van der Waals surface area contributed by atoms with Gasteiger partial charge in [0.25, 0.3) is 0 Å². The summed E-state index contributed by atoms with van der Waals surface area (Å²) in [6.07, 6.45) is 3.60. The van der Waals surface area contributed by atoms with Gasteiger partial charge in [-0.3, -0.25) is 5.41 Å². The Labute approximate surface area is 97.2 Å². The molecule has 1 heterocycles. The molecule has 0 spiro atoms. The molecule has 0 saturated carbocycles. The minimum Gasteiger partial charge on any atom is -0.308 e. The van der Waals surface area contributed by atoms with E-state index in [1.54, 1.807) is 12.2 Å². The van der Waals surface area contributed by atoms with E-state index in [2.05, 4.69) is 40.9 Å². The molecule has 0 aliphatic carbocycles. The Morgan fingerprint density at radius 2 is 1.25 bits per heavy atom. The number of rotatable bonds is 4. The number of nitrogens with zero attached hydrogens (tertiary/aromatic N) is 2. The first-order valence-electron chi connectivity index (χ1n) is 5.61. The van der Waals surface area contributed by atoms with E-state index in [0.29, 0.717) is 5.62 Å². The quantitative estimate of drug-likeness (QED) is 0.807. The SMILES string of the molecule is C=Cc1c(C=C)n(C(C)C)c(=N)n1C(C)C. The van der Waals surface area contributed by atoms with Crippen LogP contribution in [-0.2, 0) is 0 Å². The molecule has 1 aromatic heterocycles. The maximum Gasteiger partial charge on any atom is 0.203 e. The maximum absolute atomic E-state index is 8.21. The zero-order valence-electron chi connectivity index (χ0n) is 10.6. The Morgan fingerprint density at radius 3 is 1.44 bits per heavy atom. The molecule has 1 rings (SSSR count). The summed E-state index contributed by atoms with van der Waals surface area (Å²) in [6, 6.07) is 0.499. The van der Waals surface area contributed by atoms with Gasteiger partial charge in [0.15, 0.2) is 0 Å². The van der Waals surface area contributed by atoms with Gasteiger partial charge in [-0.2, -0.15) is 0 Å². The lowest BCUT2D eigenvalue weighted by Gasteiger charge is -2.10. The van der Waals surface area contributed by atoms with Gasteiger partial charge in [0, 0.05) is 12.1 Å². The van der Waals surface area contributed by atoms with Crippen LogP contribution in [0.25, 0.3) is 12.2 Å². The molecule has 0 aliphatic heterocycles. The maximum atomic E-state index is 8.21. The number of aromatic nitrogens is 2. The van der Waals surface area contributed by atoms with Gasteiger partial charge in [0.05, 0.1) is 11.4 Å². The van der Waals surface area contributed by atoms with Crippen LogP contribution >= 0.6 is 0 Å². The van der Waals surface area contributed by atoms with Gasteiger partial charge >= 0.3 is 0 Å². The van der Waals surface area contributed by atoms with Crippen LogP contribution in [0, 0.1) is 5.41 Å². The molecule has 0 radical (unpaired) electrons. The fraction of sp³-hybridized carbons (Fsp3) is 0.462. The van der Waals surface area contributed by atoms with E-state index in [9.17, 15) is 0 Å². The lowest BCUT2D eigenvalue weighted by molar-refractivity contribution is 0.500. The first kappa shape index (κ1) is 12.6. The summed E-state index contributed by atoms with van der Waals surface area (Å²) >= 11 is 0. The van der Waals surface area contributed by atoms with Crippen molar-refractivity contribution < 1.29 is 0 Å². The number of nitrogens with one attached hydrogen (secondary N) is 1. The summed E-state index contributed by atoms with van der Waals surface area (Å²) in [5, 5.41) is 8.21. The highest BCUT2D eigenvalue weighted by molar-refractivity contribution is 5.58. The van der Waals surface area contributed by atoms with Gasteiger partial charge in [-0.15, -0.1) is 0 Å². The van der Waals surface area contributed by atoms with E-state index in [-0.39, 0.29) is 12.1 Å². The molecule has 0 fully saturated rings. The highest BCUT2D eigenvalue weighted by atomic mass is 15.2. The highest BCUT2D eigenvalue weighted by Crippen LogP contribution is 2.18. The summed E-state index contributed by atoms with van der Waals surface area (Å²) in [6.45, 7) is 16.0. The Morgan fingerprint density at radius 1 is 0.938 bits per heavy atom. The van der Waals surface area contributed by atoms with Crippen molar-refractivity contribution in [3.8, 4) is 0 Å². The van der Waals surface area contributed by atoms with Gasteiger partial charge in [0.2, 0.25) is 5.62 Å². The summed E-state index contributed by atoms with van der Waals surface area (Å²) in [5.74, 6) is 0. The van der Waals surface area contributed by atoms with Gasteiger partial charge < -0.3 is 9.13 Å². The monoisotopic (exact) mass is 219 g/mol. The average Bonchev–Trinajstić information content (AvgIpc) is 2.49. The molecule has 0 amide bonds.